The number of allylic oxidation sites excluding steroid dienone is 1. The van der Waals surface area contributed by atoms with Crippen molar-refractivity contribution in [2.24, 2.45) is 0 Å². The highest BCUT2D eigenvalue weighted by molar-refractivity contribution is 6.16. The van der Waals surface area contributed by atoms with Gasteiger partial charge in [0, 0.05) is 23.4 Å². The van der Waals surface area contributed by atoms with Crippen molar-refractivity contribution < 1.29 is 23.2 Å². The molecule has 2 N–H and O–H groups in total. The van der Waals surface area contributed by atoms with Crippen molar-refractivity contribution in [3.05, 3.63) is 70.9 Å². The van der Waals surface area contributed by atoms with Gasteiger partial charge in [-0.3, -0.25) is 9.59 Å². The number of likely N-dealkylation sites (N-methyl/N-ethyl adjacent to an activating group) is 1. The van der Waals surface area contributed by atoms with Gasteiger partial charge in [0.1, 0.15) is 23.9 Å². The molecule has 0 atom stereocenters. The number of anilines is 2. The molecule has 9 heteroatoms. The summed E-state index contributed by atoms with van der Waals surface area (Å²) in [5.41, 5.74) is 2.19. The Morgan fingerprint density at radius 1 is 1.14 bits per heavy atom. The van der Waals surface area contributed by atoms with Crippen LogP contribution in [0.25, 0.3) is 11.6 Å². The van der Waals surface area contributed by atoms with Gasteiger partial charge in [-0.2, -0.15) is 0 Å². The average Bonchev–Trinajstić information content (AvgIpc) is 3.03. The molecule has 0 spiro atoms. The Balaban J connectivity index is 1.58. The van der Waals surface area contributed by atoms with Crippen LogP contribution in [0.3, 0.4) is 0 Å². The van der Waals surface area contributed by atoms with Gasteiger partial charge in [-0.05, 0) is 63.6 Å². The van der Waals surface area contributed by atoms with E-state index in [2.05, 4.69) is 35.5 Å². The lowest BCUT2D eigenvalue weighted by molar-refractivity contribution is -0.127. The first-order valence-corrected chi connectivity index (χ1v) is 11.2. The maximum absolute atomic E-state index is 15.1. The second kappa shape index (κ2) is 8.98. The number of nitrogens with zero attached hydrogens (tertiary/aromatic N) is 2. The van der Waals surface area contributed by atoms with E-state index in [9.17, 15) is 18.8 Å². The highest BCUT2D eigenvalue weighted by Crippen LogP contribution is 2.40. The van der Waals surface area contributed by atoms with Gasteiger partial charge in [-0.1, -0.05) is 18.2 Å². The highest BCUT2D eigenvalue weighted by Gasteiger charge is 2.36. The summed E-state index contributed by atoms with van der Waals surface area (Å²) in [6.07, 6.45) is 3.36. The lowest BCUT2D eigenvalue weighted by Gasteiger charge is -2.42. The number of fused-ring (bicyclic) bond motifs is 1. The zero-order chi connectivity index (χ0) is 25.5. The third-order valence-corrected chi connectivity index (χ3v) is 6.12. The first-order valence-electron chi connectivity index (χ1n) is 11.2. The van der Waals surface area contributed by atoms with Crippen LogP contribution in [0.2, 0.25) is 0 Å². The van der Waals surface area contributed by atoms with E-state index in [0.717, 1.165) is 16.8 Å². The van der Waals surface area contributed by atoms with Crippen molar-refractivity contribution >= 4 is 40.9 Å². The number of nitrogens with one attached hydrogen (secondary N) is 2. The third-order valence-electron chi connectivity index (χ3n) is 6.12. The molecule has 2 heterocycles. The van der Waals surface area contributed by atoms with Crippen LogP contribution in [-0.4, -0.2) is 41.4 Å². The summed E-state index contributed by atoms with van der Waals surface area (Å²) in [4.78, 5) is 40.2. The Morgan fingerprint density at radius 2 is 1.86 bits per heavy atom. The highest BCUT2D eigenvalue weighted by atomic mass is 19.1. The van der Waals surface area contributed by atoms with Crippen molar-refractivity contribution in [1.82, 2.24) is 10.2 Å². The normalized spacial score (nSPS) is 17.9. The minimum absolute atomic E-state index is 0.0656. The molecule has 1 fully saturated rings. The van der Waals surface area contributed by atoms with Crippen LogP contribution in [0.1, 0.15) is 38.8 Å². The summed E-state index contributed by atoms with van der Waals surface area (Å²) in [5.74, 6) is -2.71. The summed E-state index contributed by atoms with van der Waals surface area (Å²) in [7, 11) is 0. The Hall–Kier alpha value is -4.01. The van der Waals surface area contributed by atoms with Gasteiger partial charge in [0.15, 0.2) is 0 Å². The van der Waals surface area contributed by atoms with Crippen LogP contribution in [0.4, 0.5) is 25.0 Å². The topological polar surface area (TPSA) is 81.8 Å². The van der Waals surface area contributed by atoms with E-state index in [1.807, 2.05) is 13.8 Å². The Kier molecular flexibility index (Phi) is 6.19. The van der Waals surface area contributed by atoms with E-state index in [1.165, 1.54) is 36.4 Å². The number of amides is 4. The van der Waals surface area contributed by atoms with Crippen molar-refractivity contribution in [1.29, 1.82) is 0 Å². The summed E-state index contributed by atoms with van der Waals surface area (Å²) in [5, 5.41) is 4.72. The van der Waals surface area contributed by atoms with Gasteiger partial charge >= 0.3 is 6.03 Å². The van der Waals surface area contributed by atoms with Crippen molar-refractivity contribution in [2.75, 3.05) is 23.3 Å². The van der Waals surface area contributed by atoms with E-state index in [4.69, 9.17) is 0 Å². The first kappa shape index (κ1) is 24.1. The molecule has 0 saturated carbocycles. The van der Waals surface area contributed by atoms with E-state index in [1.54, 1.807) is 6.07 Å². The predicted molar refractivity (Wildman–Crippen MR) is 130 cm³/mol. The zero-order valence-electron chi connectivity index (χ0n) is 19.9. The Morgan fingerprint density at radius 3 is 2.54 bits per heavy atom. The zero-order valence-corrected chi connectivity index (χ0v) is 19.9. The van der Waals surface area contributed by atoms with Crippen molar-refractivity contribution in [2.45, 2.75) is 33.2 Å². The van der Waals surface area contributed by atoms with Crippen LogP contribution in [0.15, 0.2) is 48.2 Å². The number of halogens is 2. The number of hydrogen-bond donors (Lipinski definition) is 2. The van der Waals surface area contributed by atoms with Crippen molar-refractivity contribution in [3.63, 3.8) is 0 Å². The van der Waals surface area contributed by atoms with Gasteiger partial charge in [0.2, 0.25) is 5.91 Å². The second-order valence-electron chi connectivity index (χ2n) is 9.02. The van der Waals surface area contributed by atoms with Crippen LogP contribution in [-0.2, 0) is 9.59 Å². The average molecular weight is 481 g/mol. The van der Waals surface area contributed by atoms with Crippen LogP contribution in [0, 0.1) is 11.6 Å². The largest absolute Gasteiger partial charge is 0.363 e. The molecule has 182 valence electrons. The number of carbonyl (C=O) groups is 3. The molecule has 0 unspecified atom stereocenters. The number of imide groups is 1. The molecular formula is C26H26F2N4O3. The second-order valence-corrected chi connectivity index (χ2v) is 9.02. The molecule has 0 aromatic heterocycles. The number of benzene rings is 2. The number of urea groups is 1. The molecule has 0 radical (unpaired) electrons. The molecule has 0 aliphatic carbocycles. The van der Waals surface area contributed by atoms with E-state index < -0.39 is 36.0 Å². The molecular weight excluding hydrogens is 454 g/mol. The quantitative estimate of drug-likeness (QED) is 0.487. The van der Waals surface area contributed by atoms with Crippen molar-refractivity contribution in [3.8, 4) is 0 Å². The van der Waals surface area contributed by atoms with E-state index in [0.29, 0.717) is 11.4 Å². The summed E-state index contributed by atoms with van der Waals surface area (Å²) in [6.45, 7) is 8.12. The molecule has 1 saturated heterocycles. The number of para-hydroxylation sites is 1. The number of hydrogen-bond acceptors (Lipinski definition) is 4. The summed E-state index contributed by atoms with van der Waals surface area (Å²) < 4.78 is 28.9. The summed E-state index contributed by atoms with van der Waals surface area (Å²) in [6, 6.07) is 7.81. The molecule has 35 heavy (non-hydrogen) atoms. The number of rotatable bonds is 5. The molecule has 4 rings (SSSR count). The maximum atomic E-state index is 15.1. The van der Waals surface area contributed by atoms with Crippen LogP contribution in [0.5, 0.6) is 0 Å². The minimum atomic E-state index is -0.821. The maximum Gasteiger partial charge on any atom is 0.329 e. The van der Waals surface area contributed by atoms with E-state index in [-0.39, 0.29) is 22.5 Å². The van der Waals surface area contributed by atoms with E-state index >= 15 is 4.39 Å². The van der Waals surface area contributed by atoms with Gasteiger partial charge in [-0.25, -0.2) is 18.5 Å². The monoisotopic (exact) mass is 480 g/mol. The van der Waals surface area contributed by atoms with Gasteiger partial charge in [0.25, 0.3) is 5.91 Å². The summed E-state index contributed by atoms with van der Waals surface area (Å²) >= 11 is 0. The fourth-order valence-electron chi connectivity index (χ4n) is 4.57. The molecule has 2 aromatic carbocycles. The minimum Gasteiger partial charge on any atom is -0.363 e. The molecule has 4 amide bonds. The van der Waals surface area contributed by atoms with Gasteiger partial charge in [0.05, 0.1) is 11.2 Å². The lowest BCUT2D eigenvalue weighted by Crippen LogP contribution is -2.45. The van der Waals surface area contributed by atoms with Gasteiger partial charge < -0.3 is 15.5 Å². The fraction of sp³-hybridized carbons (Fsp3) is 0.269. The van der Waals surface area contributed by atoms with Crippen LogP contribution < -0.4 is 15.5 Å². The molecule has 2 aliphatic rings. The Labute approximate surface area is 202 Å². The number of carbonyl (C=O) groups excluding carboxylic acids is 3. The Bertz CT molecular complexity index is 1300. The molecule has 2 aliphatic heterocycles. The fourth-order valence-corrected chi connectivity index (χ4v) is 4.57. The molecule has 7 nitrogen and oxygen atoms in total. The van der Waals surface area contributed by atoms with Gasteiger partial charge in [-0.15, -0.1) is 0 Å². The third kappa shape index (κ3) is 4.53. The first-order chi connectivity index (χ1) is 16.5. The predicted octanol–water partition coefficient (Wildman–Crippen LogP) is 4.52. The molecule has 0 bridgehead atoms. The lowest BCUT2D eigenvalue weighted by atomic mass is 9.88. The standard InChI is InChI=1S/C26H26F2N4O3/c1-5-32-22-12-19(28)16(10-17(22)15(2)13-26(32,3)4)11-21-24(34)31(25(35)30-21)14-23(33)29-20-9-7-6-8-18(20)27/h6-13H,5,14H2,1-4H3,(H,29,33)(H,30,35)/b21-11+. The smallest absolute Gasteiger partial charge is 0.329 e. The van der Waals surface area contributed by atoms with Crippen LogP contribution >= 0.6 is 0 Å². The molecule has 2 aromatic rings. The SMILES string of the molecule is CCN1c2cc(F)c(/C=C3/NC(=O)N(CC(=O)Nc4ccccc4F)C3=O)cc2C(C)=CC1(C)C.